The van der Waals surface area contributed by atoms with Crippen molar-refractivity contribution >= 4 is 5.82 Å². The highest BCUT2D eigenvalue weighted by Gasteiger charge is 2.09. The van der Waals surface area contributed by atoms with Gasteiger partial charge in [-0.05, 0) is 18.6 Å². The van der Waals surface area contributed by atoms with Gasteiger partial charge in [-0.3, -0.25) is 4.68 Å². The van der Waals surface area contributed by atoms with Crippen LogP contribution >= 0.6 is 0 Å². The first-order valence-electron chi connectivity index (χ1n) is 5.45. The standard InChI is InChI=1S/C12H16N4/c1-3-4-11-10(8-16(2)15-11)9-5-6-12(13)14-7-9/h5-8H,3-4H2,1-2H3,(H2,13,14). The Morgan fingerprint density at radius 3 is 2.81 bits per heavy atom. The molecule has 0 aliphatic rings. The van der Waals surface area contributed by atoms with E-state index >= 15 is 0 Å². The first kappa shape index (κ1) is 10.7. The van der Waals surface area contributed by atoms with Crippen LogP contribution in [0.25, 0.3) is 11.1 Å². The number of rotatable bonds is 3. The molecule has 16 heavy (non-hydrogen) atoms. The molecule has 2 rings (SSSR count). The fourth-order valence-electron chi connectivity index (χ4n) is 1.76. The molecular weight excluding hydrogens is 200 g/mol. The third-order valence-corrected chi connectivity index (χ3v) is 2.49. The summed E-state index contributed by atoms with van der Waals surface area (Å²) in [6.45, 7) is 2.15. The number of anilines is 1. The Bertz CT molecular complexity index is 470. The Morgan fingerprint density at radius 2 is 2.19 bits per heavy atom. The summed E-state index contributed by atoms with van der Waals surface area (Å²) in [5, 5.41) is 4.46. The molecule has 0 amide bonds. The van der Waals surface area contributed by atoms with E-state index in [4.69, 9.17) is 5.73 Å². The van der Waals surface area contributed by atoms with Crippen molar-refractivity contribution in [2.45, 2.75) is 19.8 Å². The molecule has 0 bridgehead atoms. The number of hydrogen-bond acceptors (Lipinski definition) is 3. The fourth-order valence-corrected chi connectivity index (χ4v) is 1.76. The maximum atomic E-state index is 5.57. The van der Waals surface area contributed by atoms with Gasteiger partial charge in [-0.2, -0.15) is 5.10 Å². The highest BCUT2D eigenvalue weighted by atomic mass is 15.2. The minimum absolute atomic E-state index is 0.546. The second-order valence-electron chi connectivity index (χ2n) is 3.88. The van der Waals surface area contributed by atoms with Gasteiger partial charge in [0.15, 0.2) is 0 Å². The highest BCUT2D eigenvalue weighted by molar-refractivity contribution is 5.65. The van der Waals surface area contributed by atoms with Crippen molar-refractivity contribution < 1.29 is 0 Å². The van der Waals surface area contributed by atoms with E-state index in [0.29, 0.717) is 5.82 Å². The Labute approximate surface area is 95.1 Å². The predicted molar refractivity (Wildman–Crippen MR) is 64.8 cm³/mol. The predicted octanol–water partition coefficient (Wildman–Crippen LogP) is 2.02. The lowest BCUT2D eigenvalue weighted by atomic mass is 10.1. The van der Waals surface area contributed by atoms with Gasteiger partial charge < -0.3 is 5.73 Å². The van der Waals surface area contributed by atoms with Crippen LogP contribution in [0, 0.1) is 0 Å². The largest absolute Gasteiger partial charge is 0.384 e. The molecule has 0 fully saturated rings. The third kappa shape index (κ3) is 2.05. The lowest BCUT2D eigenvalue weighted by Gasteiger charge is -2.00. The minimum Gasteiger partial charge on any atom is -0.384 e. The fraction of sp³-hybridized carbons (Fsp3) is 0.333. The molecule has 0 spiro atoms. The molecule has 2 aromatic heterocycles. The van der Waals surface area contributed by atoms with Crippen molar-refractivity contribution in [1.82, 2.24) is 14.8 Å². The van der Waals surface area contributed by atoms with Gasteiger partial charge in [0.2, 0.25) is 0 Å². The molecule has 0 aromatic carbocycles. The zero-order valence-corrected chi connectivity index (χ0v) is 9.64. The zero-order valence-electron chi connectivity index (χ0n) is 9.64. The Balaban J connectivity index is 2.42. The summed E-state index contributed by atoms with van der Waals surface area (Å²) >= 11 is 0. The summed E-state index contributed by atoms with van der Waals surface area (Å²) in [5.41, 5.74) is 8.92. The van der Waals surface area contributed by atoms with Crippen LogP contribution in [0.15, 0.2) is 24.5 Å². The molecule has 0 saturated carbocycles. The van der Waals surface area contributed by atoms with E-state index in [1.54, 1.807) is 6.20 Å². The normalized spacial score (nSPS) is 10.6. The van der Waals surface area contributed by atoms with Crippen molar-refractivity contribution in [3.63, 3.8) is 0 Å². The lowest BCUT2D eigenvalue weighted by Crippen LogP contribution is -1.92. The van der Waals surface area contributed by atoms with Gasteiger partial charge >= 0.3 is 0 Å². The molecule has 2 aromatic rings. The number of aryl methyl sites for hydroxylation is 2. The Hall–Kier alpha value is -1.84. The van der Waals surface area contributed by atoms with E-state index in [2.05, 4.69) is 17.0 Å². The molecule has 0 atom stereocenters. The molecule has 4 nitrogen and oxygen atoms in total. The molecule has 4 heteroatoms. The molecule has 84 valence electrons. The molecule has 0 aliphatic heterocycles. The molecular formula is C12H16N4. The summed E-state index contributed by atoms with van der Waals surface area (Å²) in [6.07, 6.45) is 5.90. The van der Waals surface area contributed by atoms with Crippen LogP contribution < -0.4 is 5.73 Å². The quantitative estimate of drug-likeness (QED) is 0.854. The van der Waals surface area contributed by atoms with E-state index in [1.807, 2.05) is 30.1 Å². The number of nitrogens with zero attached hydrogens (tertiary/aromatic N) is 3. The Kier molecular flexibility index (Phi) is 2.90. The average Bonchev–Trinajstić information content (AvgIpc) is 2.61. The summed E-state index contributed by atoms with van der Waals surface area (Å²) in [6, 6.07) is 3.80. The molecule has 0 saturated heterocycles. The molecule has 0 unspecified atom stereocenters. The maximum Gasteiger partial charge on any atom is 0.123 e. The molecule has 0 aliphatic carbocycles. The minimum atomic E-state index is 0.546. The third-order valence-electron chi connectivity index (χ3n) is 2.49. The molecule has 0 radical (unpaired) electrons. The van der Waals surface area contributed by atoms with E-state index < -0.39 is 0 Å². The van der Waals surface area contributed by atoms with E-state index in [9.17, 15) is 0 Å². The van der Waals surface area contributed by atoms with Gasteiger partial charge in [0, 0.05) is 30.6 Å². The summed E-state index contributed by atoms with van der Waals surface area (Å²) in [5.74, 6) is 0.546. The second kappa shape index (κ2) is 4.35. The zero-order chi connectivity index (χ0) is 11.5. The molecule has 2 N–H and O–H groups in total. The van der Waals surface area contributed by atoms with Crippen molar-refractivity contribution in [3.8, 4) is 11.1 Å². The SMILES string of the molecule is CCCc1nn(C)cc1-c1ccc(N)nc1. The first-order chi connectivity index (χ1) is 7.70. The number of aromatic nitrogens is 3. The van der Waals surface area contributed by atoms with Gasteiger partial charge in [0.1, 0.15) is 5.82 Å². The van der Waals surface area contributed by atoms with Crippen LogP contribution in [0.2, 0.25) is 0 Å². The van der Waals surface area contributed by atoms with E-state index in [-0.39, 0.29) is 0 Å². The van der Waals surface area contributed by atoms with Crippen LogP contribution in [0.3, 0.4) is 0 Å². The summed E-state index contributed by atoms with van der Waals surface area (Å²) in [7, 11) is 1.94. The van der Waals surface area contributed by atoms with Crippen LogP contribution in [0.5, 0.6) is 0 Å². The van der Waals surface area contributed by atoms with Crippen molar-refractivity contribution in [2.75, 3.05) is 5.73 Å². The number of nitrogen functional groups attached to an aromatic ring is 1. The van der Waals surface area contributed by atoms with Crippen molar-refractivity contribution in [1.29, 1.82) is 0 Å². The summed E-state index contributed by atoms with van der Waals surface area (Å²) < 4.78 is 1.84. The van der Waals surface area contributed by atoms with Crippen molar-refractivity contribution in [3.05, 3.63) is 30.2 Å². The maximum absolute atomic E-state index is 5.57. The monoisotopic (exact) mass is 216 g/mol. The van der Waals surface area contributed by atoms with E-state index in [0.717, 1.165) is 29.7 Å². The Morgan fingerprint density at radius 1 is 1.38 bits per heavy atom. The lowest BCUT2D eigenvalue weighted by molar-refractivity contribution is 0.733. The van der Waals surface area contributed by atoms with Gasteiger partial charge in [-0.15, -0.1) is 0 Å². The van der Waals surface area contributed by atoms with Gasteiger partial charge in [0.25, 0.3) is 0 Å². The average molecular weight is 216 g/mol. The van der Waals surface area contributed by atoms with Crippen LogP contribution in [-0.4, -0.2) is 14.8 Å². The first-order valence-corrected chi connectivity index (χ1v) is 5.45. The number of pyridine rings is 1. The van der Waals surface area contributed by atoms with E-state index in [1.165, 1.54) is 0 Å². The number of nitrogens with two attached hydrogens (primary N) is 1. The van der Waals surface area contributed by atoms with Gasteiger partial charge in [0.05, 0.1) is 5.69 Å². The topological polar surface area (TPSA) is 56.7 Å². The second-order valence-corrected chi connectivity index (χ2v) is 3.88. The van der Waals surface area contributed by atoms with Gasteiger partial charge in [-0.25, -0.2) is 4.98 Å². The van der Waals surface area contributed by atoms with Crippen LogP contribution in [0.1, 0.15) is 19.0 Å². The highest BCUT2D eigenvalue weighted by Crippen LogP contribution is 2.23. The molecule has 2 heterocycles. The van der Waals surface area contributed by atoms with Crippen LogP contribution in [0.4, 0.5) is 5.82 Å². The number of hydrogen-bond donors (Lipinski definition) is 1. The smallest absolute Gasteiger partial charge is 0.123 e. The van der Waals surface area contributed by atoms with Crippen molar-refractivity contribution in [2.24, 2.45) is 7.05 Å². The summed E-state index contributed by atoms with van der Waals surface area (Å²) in [4.78, 5) is 4.11. The van der Waals surface area contributed by atoms with Crippen LogP contribution in [-0.2, 0) is 13.5 Å². The van der Waals surface area contributed by atoms with Gasteiger partial charge in [-0.1, -0.05) is 13.3 Å².